The lowest BCUT2D eigenvalue weighted by Gasteiger charge is -2.12. The van der Waals surface area contributed by atoms with Crippen molar-refractivity contribution in [2.45, 2.75) is 65.3 Å². The summed E-state index contributed by atoms with van der Waals surface area (Å²) in [4.78, 5) is 0. The van der Waals surface area contributed by atoms with E-state index in [0.717, 1.165) is 24.4 Å². The molecule has 1 rings (SSSR count). The van der Waals surface area contributed by atoms with Crippen LogP contribution in [0.25, 0.3) is 0 Å². The zero-order valence-corrected chi connectivity index (χ0v) is 12.3. The van der Waals surface area contributed by atoms with Gasteiger partial charge >= 0.3 is 0 Å². The number of hydrogen-bond donors (Lipinski definition) is 1. The molecule has 0 saturated carbocycles. The maximum Gasteiger partial charge on any atom is 0.134 e. The summed E-state index contributed by atoms with van der Waals surface area (Å²) < 4.78 is 0. The van der Waals surface area contributed by atoms with Crippen LogP contribution in [0.3, 0.4) is 0 Å². The summed E-state index contributed by atoms with van der Waals surface area (Å²) in [7, 11) is 0. The summed E-state index contributed by atoms with van der Waals surface area (Å²) in [6.07, 6.45) is 4.65. The van der Waals surface area contributed by atoms with Crippen LogP contribution >= 0.6 is 11.3 Å². The van der Waals surface area contributed by atoms with Gasteiger partial charge in [0.15, 0.2) is 0 Å². The monoisotopic (exact) mass is 255 g/mol. The van der Waals surface area contributed by atoms with Crippen molar-refractivity contribution in [2.24, 2.45) is 0 Å². The van der Waals surface area contributed by atoms with Gasteiger partial charge in [-0.15, -0.1) is 10.2 Å². The number of aromatic nitrogens is 2. The van der Waals surface area contributed by atoms with Gasteiger partial charge in [-0.2, -0.15) is 0 Å². The summed E-state index contributed by atoms with van der Waals surface area (Å²) in [6.45, 7) is 9.90. The first kappa shape index (κ1) is 14.6. The Balaban J connectivity index is 2.64. The van der Waals surface area contributed by atoms with E-state index in [1.54, 1.807) is 11.3 Å². The lowest BCUT2D eigenvalue weighted by Crippen LogP contribution is -2.21. The number of rotatable bonds is 8. The first-order valence-corrected chi connectivity index (χ1v) is 7.61. The molecule has 0 radical (unpaired) electrons. The van der Waals surface area contributed by atoms with Gasteiger partial charge < -0.3 is 5.32 Å². The van der Waals surface area contributed by atoms with E-state index in [1.807, 2.05) is 0 Å². The third kappa shape index (κ3) is 4.36. The predicted octanol–water partition coefficient (Wildman–Crippen LogP) is 3.89. The molecule has 1 N–H and O–H groups in total. The van der Waals surface area contributed by atoms with E-state index >= 15 is 0 Å². The highest BCUT2D eigenvalue weighted by atomic mass is 32.1. The van der Waals surface area contributed by atoms with Gasteiger partial charge in [-0.25, -0.2) is 0 Å². The SMILES string of the molecule is CCCNC(CC)c1nnc(C(C)CCC)s1. The van der Waals surface area contributed by atoms with Crippen molar-refractivity contribution in [1.29, 1.82) is 0 Å². The van der Waals surface area contributed by atoms with Gasteiger partial charge in [0.1, 0.15) is 10.0 Å². The van der Waals surface area contributed by atoms with Crippen molar-refractivity contribution < 1.29 is 0 Å². The Bertz CT molecular complexity index is 311. The van der Waals surface area contributed by atoms with Crippen LogP contribution in [-0.4, -0.2) is 16.7 Å². The zero-order chi connectivity index (χ0) is 12.7. The lowest BCUT2D eigenvalue weighted by molar-refractivity contribution is 0.512. The van der Waals surface area contributed by atoms with E-state index in [2.05, 4.69) is 43.2 Å². The van der Waals surface area contributed by atoms with E-state index in [0.29, 0.717) is 12.0 Å². The van der Waals surface area contributed by atoms with Crippen molar-refractivity contribution >= 4 is 11.3 Å². The van der Waals surface area contributed by atoms with Crippen molar-refractivity contribution in [3.63, 3.8) is 0 Å². The van der Waals surface area contributed by atoms with Crippen LogP contribution in [0.15, 0.2) is 0 Å². The summed E-state index contributed by atoms with van der Waals surface area (Å²) >= 11 is 1.78. The van der Waals surface area contributed by atoms with Crippen molar-refractivity contribution in [2.75, 3.05) is 6.54 Å². The van der Waals surface area contributed by atoms with Gasteiger partial charge in [-0.1, -0.05) is 45.5 Å². The van der Waals surface area contributed by atoms with Crippen molar-refractivity contribution in [1.82, 2.24) is 15.5 Å². The molecule has 0 aliphatic carbocycles. The Morgan fingerprint density at radius 3 is 2.41 bits per heavy atom. The fraction of sp³-hybridized carbons (Fsp3) is 0.846. The average molecular weight is 255 g/mol. The molecule has 17 heavy (non-hydrogen) atoms. The minimum atomic E-state index is 0.384. The molecule has 0 aromatic carbocycles. The first-order chi connectivity index (χ1) is 8.22. The summed E-state index contributed by atoms with van der Waals surface area (Å²) in [5, 5.41) is 14.6. The van der Waals surface area contributed by atoms with E-state index in [9.17, 15) is 0 Å². The molecule has 3 nitrogen and oxygen atoms in total. The van der Waals surface area contributed by atoms with E-state index < -0.39 is 0 Å². The maximum absolute atomic E-state index is 4.35. The van der Waals surface area contributed by atoms with Gasteiger partial charge in [0, 0.05) is 5.92 Å². The summed E-state index contributed by atoms with van der Waals surface area (Å²) in [6, 6.07) is 0.384. The number of hydrogen-bond acceptors (Lipinski definition) is 4. The van der Waals surface area contributed by atoms with Crippen LogP contribution in [0, 0.1) is 0 Å². The fourth-order valence-corrected chi connectivity index (χ4v) is 2.96. The molecule has 0 amide bonds. The molecule has 4 heteroatoms. The molecule has 0 aliphatic heterocycles. The second-order valence-corrected chi connectivity index (χ2v) is 5.62. The predicted molar refractivity (Wildman–Crippen MR) is 74.6 cm³/mol. The van der Waals surface area contributed by atoms with Gasteiger partial charge in [-0.05, 0) is 25.8 Å². The third-order valence-electron chi connectivity index (χ3n) is 2.95. The highest BCUT2D eigenvalue weighted by molar-refractivity contribution is 7.11. The molecule has 0 saturated heterocycles. The van der Waals surface area contributed by atoms with Crippen LogP contribution in [-0.2, 0) is 0 Å². The normalized spacial score (nSPS) is 14.8. The molecule has 98 valence electrons. The largest absolute Gasteiger partial charge is 0.308 e. The van der Waals surface area contributed by atoms with Crippen molar-refractivity contribution in [3.8, 4) is 0 Å². The third-order valence-corrected chi connectivity index (χ3v) is 4.22. The second-order valence-electron chi connectivity index (χ2n) is 4.58. The fourth-order valence-electron chi connectivity index (χ4n) is 1.87. The number of nitrogens with one attached hydrogen (secondary N) is 1. The van der Waals surface area contributed by atoms with Crippen LogP contribution in [0.2, 0.25) is 0 Å². The zero-order valence-electron chi connectivity index (χ0n) is 11.5. The minimum absolute atomic E-state index is 0.384. The molecule has 0 bridgehead atoms. The molecule has 0 spiro atoms. The highest BCUT2D eigenvalue weighted by Gasteiger charge is 2.16. The molecular weight excluding hydrogens is 230 g/mol. The molecule has 0 fully saturated rings. The highest BCUT2D eigenvalue weighted by Crippen LogP contribution is 2.27. The van der Waals surface area contributed by atoms with Gasteiger partial charge in [0.05, 0.1) is 6.04 Å². The van der Waals surface area contributed by atoms with E-state index in [1.165, 1.54) is 17.8 Å². The molecule has 1 aromatic heterocycles. The molecule has 1 heterocycles. The average Bonchev–Trinajstić information content (AvgIpc) is 2.80. The Hall–Kier alpha value is -0.480. The van der Waals surface area contributed by atoms with Gasteiger partial charge in [0.25, 0.3) is 0 Å². The number of nitrogens with zero attached hydrogens (tertiary/aromatic N) is 2. The van der Waals surface area contributed by atoms with Crippen LogP contribution in [0.5, 0.6) is 0 Å². The minimum Gasteiger partial charge on any atom is -0.308 e. The Kier molecular flexibility index (Phi) is 6.66. The van der Waals surface area contributed by atoms with Gasteiger partial charge in [-0.3, -0.25) is 0 Å². The van der Waals surface area contributed by atoms with Crippen molar-refractivity contribution in [3.05, 3.63) is 10.0 Å². The summed E-state index contributed by atoms with van der Waals surface area (Å²) in [5.41, 5.74) is 0. The first-order valence-electron chi connectivity index (χ1n) is 6.79. The van der Waals surface area contributed by atoms with Crippen LogP contribution in [0.1, 0.15) is 75.4 Å². The topological polar surface area (TPSA) is 37.8 Å². The molecule has 0 aliphatic rings. The van der Waals surface area contributed by atoms with Gasteiger partial charge in [0.2, 0.25) is 0 Å². The van der Waals surface area contributed by atoms with E-state index in [4.69, 9.17) is 0 Å². The molecule has 2 atom stereocenters. The Morgan fingerprint density at radius 1 is 1.12 bits per heavy atom. The molecule has 2 unspecified atom stereocenters. The molecule has 1 aromatic rings. The molecular formula is C13H25N3S. The Labute approximate surface area is 109 Å². The summed E-state index contributed by atoms with van der Waals surface area (Å²) in [5.74, 6) is 0.551. The maximum atomic E-state index is 4.35. The lowest BCUT2D eigenvalue weighted by atomic mass is 10.1. The quantitative estimate of drug-likeness (QED) is 0.765. The Morgan fingerprint density at radius 2 is 1.82 bits per heavy atom. The van der Waals surface area contributed by atoms with E-state index in [-0.39, 0.29) is 0 Å². The second kappa shape index (κ2) is 7.77. The standard InChI is InChI=1S/C13H25N3S/c1-5-8-10(4)12-15-16-13(17-12)11(7-3)14-9-6-2/h10-11,14H,5-9H2,1-4H3. The van der Waals surface area contributed by atoms with Crippen LogP contribution in [0.4, 0.5) is 0 Å². The smallest absolute Gasteiger partial charge is 0.134 e. The van der Waals surface area contributed by atoms with Crippen LogP contribution < -0.4 is 5.32 Å².